The van der Waals surface area contributed by atoms with E-state index in [9.17, 15) is 9.59 Å². The Morgan fingerprint density at radius 1 is 1.24 bits per heavy atom. The zero-order chi connectivity index (χ0) is 18.6. The number of ether oxygens (including phenoxy) is 1. The minimum atomic E-state index is -0.437. The monoisotopic (exact) mass is 397 g/mol. The summed E-state index contributed by atoms with van der Waals surface area (Å²) in [5, 5.41) is 4.09. The van der Waals surface area contributed by atoms with Gasteiger partial charge in [0.25, 0.3) is 0 Å². The highest BCUT2D eigenvalue weighted by molar-refractivity contribution is 7.16. The van der Waals surface area contributed by atoms with Crippen LogP contribution in [0.25, 0.3) is 6.08 Å². The van der Waals surface area contributed by atoms with E-state index in [1.165, 1.54) is 17.4 Å². The fourth-order valence-electron chi connectivity index (χ4n) is 2.11. The van der Waals surface area contributed by atoms with Crippen LogP contribution in [0.5, 0.6) is 0 Å². The number of rotatable bonds is 5. The van der Waals surface area contributed by atoms with Crippen LogP contribution < -0.4 is 5.32 Å². The minimum absolute atomic E-state index is 0.276. The molecule has 0 bridgehead atoms. The largest absolute Gasteiger partial charge is 0.462 e. The summed E-state index contributed by atoms with van der Waals surface area (Å²) in [5.74, 6) is -0.786. The lowest BCUT2D eigenvalue weighted by atomic mass is 10.1. The molecule has 1 aromatic carbocycles. The van der Waals surface area contributed by atoms with Gasteiger partial charge in [-0.15, -0.1) is 11.3 Å². The highest BCUT2D eigenvalue weighted by atomic mass is 35.5. The average molecular weight is 398 g/mol. The van der Waals surface area contributed by atoms with Crippen LogP contribution in [0, 0.1) is 13.8 Å². The minimum Gasteiger partial charge on any atom is -0.462 e. The molecule has 0 radical (unpaired) electrons. The molecular formula is C18H17Cl2NO3S. The van der Waals surface area contributed by atoms with Crippen molar-refractivity contribution in [3.05, 3.63) is 55.9 Å². The highest BCUT2D eigenvalue weighted by Gasteiger charge is 2.21. The normalized spacial score (nSPS) is 10.9. The SMILES string of the molecule is CCOC(=O)c1c(NC(=O)/C=C/c2ccc(Cl)c(Cl)c2)sc(C)c1C. The Morgan fingerprint density at radius 3 is 2.60 bits per heavy atom. The standard InChI is InChI=1S/C18H17Cl2NO3S/c1-4-24-18(23)16-10(2)11(3)25-17(16)21-15(22)8-6-12-5-7-13(19)14(20)9-12/h5-9H,4H2,1-3H3,(H,21,22)/b8-6+. The van der Waals surface area contributed by atoms with Crippen molar-refractivity contribution < 1.29 is 14.3 Å². The van der Waals surface area contributed by atoms with Crippen LogP contribution in [0.2, 0.25) is 10.0 Å². The molecule has 0 atom stereocenters. The topological polar surface area (TPSA) is 55.4 Å². The molecule has 0 aliphatic rings. The Morgan fingerprint density at radius 2 is 1.96 bits per heavy atom. The van der Waals surface area contributed by atoms with Crippen molar-refractivity contribution in [2.24, 2.45) is 0 Å². The first-order chi connectivity index (χ1) is 11.8. The molecule has 0 aliphatic heterocycles. The van der Waals surface area contributed by atoms with E-state index in [2.05, 4.69) is 5.32 Å². The summed E-state index contributed by atoms with van der Waals surface area (Å²) >= 11 is 13.2. The maximum atomic E-state index is 12.2. The fraction of sp³-hybridized carbons (Fsp3) is 0.222. The molecule has 1 amide bonds. The number of nitrogens with one attached hydrogen (secondary N) is 1. The maximum absolute atomic E-state index is 12.2. The average Bonchev–Trinajstić information content (AvgIpc) is 2.83. The van der Waals surface area contributed by atoms with Crippen molar-refractivity contribution in [1.29, 1.82) is 0 Å². The molecule has 25 heavy (non-hydrogen) atoms. The first-order valence-electron chi connectivity index (χ1n) is 7.54. The van der Waals surface area contributed by atoms with Crippen LogP contribution in [0.4, 0.5) is 5.00 Å². The Hall–Kier alpha value is -1.82. The summed E-state index contributed by atoms with van der Waals surface area (Å²) in [5.41, 5.74) is 1.96. The molecule has 2 rings (SSSR count). The predicted octanol–water partition coefficient (Wildman–Crippen LogP) is 5.50. The number of hydrogen-bond acceptors (Lipinski definition) is 4. The van der Waals surface area contributed by atoms with Crippen LogP contribution in [0.15, 0.2) is 24.3 Å². The zero-order valence-electron chi connectivity index (χ0n) is 14.0. The molecule has 0 spiro atoms. The van der Waals surface area contributed by atoms with Crippen molar-refractivity contribution in [2.45, 2.75) is 20.8 Å². The van der Waals surface area contributed by atoms with E-state index in [0.29, 0.717) is 20.6 Å². The molecule has 0 saturated heterocycles. The molecular weight excluding hydrogens is 381 g/mol. The summed E-state index contributed by atoms with van der Waals surface area (Å²) in [4.78, 5) is 25.3. The van der Waals surface area contributed by atoms with Gasteiger partial charge in [-0.05, 0) is 50.1 Å². The van der Waals surface area contributed by atoms with E-state index >= 15 is 0 Å². The lowest BCUT2D eigenvalue weighted by molar-refractivity contribution is -0.111. The molecule has 132 valence electrons. The third-order valence-corrected chi connectivity index (χ3v) is 5.33. The van der Waals surface area contributed by atoms with Crippen molar-refractivity contribution in [3.8, 4) is 0 Å². The number of esters is 1. The quantitative estimate of drug-likeness (QED) is 0.535. The molecule has 7 heteroatoms. The Bertz CT molecular complexity index is 843. The second-order valence-electron chi connectivity index (χ2n) is 5.20. The number of aryl methyl sites for hydroxylation is 1. The lowest BCUT2D eigenvalue weighted by Crippen LogP contribution is -2.12. The van der Waals surface area contributed by atoms with Gasteiger partial charge in [-0.1, -0.05) is 29.3 Å². The van der Waals surface area contributed by atoms with Crippen LogP contribution >= 0.6 is 34.5 Å². The van der Waals surface area contributed by atoms with Crippen molar-refractivity contribution >= 4 is 57.5 Å². The van der Waals surface area contributed by atoms with Crippen LogP contribution in [-0.2, 0) is 9.53 Å². The summed E-state index contributed by atoms with van der Waals surface area (Å²) in [6.07, 6.45) is 2.99. The van der Waals surface area contributed by atoms with Gasteiger partial charge in [0, 0.05) is 11.0 Å². The maximum Gasteiger partial charge on any atom is 0.341 e. The van der Waals surface area contributed by atoms with Gasteiger partial charge in [0.1, 0.15) is 5.00 Å². The molecule has 2 aromatic rings. The fourth-order valence-corrected chi connectivity index (χ4v) is 3.46. The van der Waals surface area contributed by atoms with Gasteiger partial charge in [0.05, 0.1) is 22.2 Å². The second kappa shape index (κ2) is 8.52. The van der Waals surface area contributed by atoms with E-state index in [1.54, 1.807) is 31.2 Å². The van der Waals surface area contributed by atoms with Gasteiger partial charge in [0.15, 0.2) is 0 Å². The van der Waals surface area contributed by atoms with Crippen LogP contribution in [0.1, 0.15) is 33.3 Å². The summed E-state index contributed by atoms with van der Waals surface area (Å²) in [6, 6.07) is 5.07. The molecule has 1 aromatic heterocycles. The predicted molar refractivity (Wildman–Crippen MR) is 104 cm³/mol. The Kier molecular flexibility index (Phi) is 6.64. The number of anilines is 1. The molecule has 0 fully saturated rings. The molecule has 1 N–H and O–H groups in total. The number of carbonyl (C=O) groups excluding carboxylic acids is 2. The second-order valence-corrected chi connectivity index (χ2v) is 7.24. The van der Waals surface area contributed by atoms with Gasteiger partial charge >= 0.3 is 5.97 Å². The number of carbonyl (C=O) groups is 2. The van der Waals surface area contributed by atoms with E-state index < -0.39 is 5.97 Å². The Labute approximate surface area is 160 Å². The first-order valence-corrected chi connectivity index (χ1v) is 9.12. The zero-order valence-corrected chi connectivity index (χ0v) is 16.3. The van der Waals surface area contributed by atoms with Gasteiger partial charge in [-0.3, -0.25) is 4.79 Å². The molecule has 0 saturated carbocycles. The van der Waals surface area contributed by atoms with Crippen LogP contribution in [0.3, 0.4) is 0 Å². The number of hydrogen-bond donors (Lipinski definition) is 1. The smallest absolute Gasteiger partial charge is 0.341 e. The number of thiophene rings is 1. The molecule has 1 heterocycles. The highest BCUT2D eigenvalue weighted by Crippen LogP contribution is 2.33. The summed E-state index contributed by atoms with van der Waals surface area (Å²) < 4.78 is 5.07. The van der Waals surface area contributed by atoms with Crippen molar-refractivity contribution in [1.82, 2.24) is 0 Å². The van der Waals surface area contributed by atoms with E-state index in [-0.39, 0.29) is 12.5 Å². The number of amides is 1. The van der Waals surface area contributed by atoms with E-state index in [4.69, 9.17) is 27.9 Å². The molecule has 4 nitrogen and oxygen atoms in total. The van der Waals surface area contributed by atoms with Crippen molar-refractivity contribution in [2.75, 3.05) is 11.9 Å². The van der Waals surface area contributed by atoms with Crippen LogP contribution in [-0.4, -0.2) is 18.5 Å². The van der Waals surface area contributed by atoms with E-state index in [0.717, 1.165) is 16.0 Å². The van der Waals surface area contributed by atoms with E-state index in [1.807, 2.05) is 13.8 Å². The van der Waals surface area contributed by atoms with Gasteiger partial charge < -0.3 is 10.1 Å². The van der Waals surface area contributed by atoms with Gasteiger partial charge in [-0.25, -0.2) is 4.79 Å². The van der Waals surface area contributed by atoms with Gasteiger partial charge in [0.2, 0.25) is 5.91 Å². The number of halogens is 2. The third kappa shape index (κ3) is 4.84. The van der Waals surface area contributed by atoms with Gasteiger partial charge in [-0.2, -0.15) is 0 Å². The molecule has 0 aliphatic carbocycles. The van der Waals surface area contributed by atoms with Crippen molar-refractivity contribution in [3.63, 3.8) is 0 Å². The molecule has 0 unspecified atom stereocenters. The lowest BCUT2D eigenvalue weighted by Gasteiger charge is -2.05. The summed E-state index contributed by atoms with van der Waals surface area (Å²) in [6.45, 7) is 5.74. The first kappa shape index (κ1) is 19.5. The Balaban J connectivity index is 2.17. The number of benzene rings is 1. The summed E-state index contributed by atoms with van der Waals surface area (Å²) in [7, 11) is 0. The third-order valence-electron chi connectivity index (χ3n) is 3.47.